The lowest BCUT2D eigenvalue weighted by molar-refractivity contribution is -0.133. The van der Waals surface area contributed by atoms with Crippen LogP contribution in [0.5, 0.6) is 0 Å². The number of hydrogen-bond acceptors (Lipinski definition) is 3. The molecule has 2 unspecified atom stereocenters. The third-order valence-electron chi connectivity index (χ3n) is 4.60. The molecular weight excluding hydrogens is 254 g/mol. The molecule has 2 N–H and O–H groups in total. The van der Waals surface area contributed by atoms with Crippen molar-refractivity contribution in [3.63, 3.8) is 0 Å². The lowest BCUT2D eigenvalue weighted by Crippen LogP contribution is -2.65. The van der Waals surface area contributed by atoms with Crippen molar-refractivity contribution in [3.05, 3.63) is 0 Å². The summed E-state index contributed by atoms with van der Waals surface area (Å²) in [6.07, 6.45) is 3.68. The summed E-state index contributed by atoms with van der Waals surface area (Å²) in [6, 6.07) is 0.433. The fraction of sp³-hybridized carbons (Fsp3) is 0.933. The zero-order chi connectivity index (χ0) is 15.0. The fourth-order valence-electron chi connectivity index (χ4n) is 3.21. The normalized spacial score (nSPS) is 25.1. The summed E-state index contributed by atoms with van der Waals surface area (Å²) in [6.45, 7) is 8.82. The Morgan fingerprint density at radius 2 is 2.00 bits per heavy atom. The van der Waals surface area contributed by atoms with Crippen molar-refractivity contribution >= 4 is 5.96 Å². The molecule has 0 bridgehead atoms. The van der Waals surface area contributed by atoms with Gasteiger partial charge in [-0.1, -0.05) is 13.8 Å². The molecule has 1 aliphatic rings. The van der Waals surface area contributed by atoms with E-state index in [9.17, 15) is 0 Å². The number of aliphatic imine (C=N–C) groups is 1. The fourth-order valence-corrected chi connectivity index (χ4v) is 3.21. The second-order valence-electron chi connectivity index (χ2n) is 5.31. The Morgan fingerprint density at radius 3 is 2.50 bits per heavy atom. The van der Waals surface area contributed by atoms with Crippen LogP contribution in [0, 0.1) is 5.41 Å². The monoisotopic (exact) mass is 285 g/mol. The number of ether oxygens (including phenoxy) is 2. The Hall–Kier alpha value is -0.810. The van der Waals surface area contributed by atoms with Crippen LogP contribution in [-0.2, 0) is 9.47 Å². The molecule has 0 radical (unpaired) electrons. The predicted molar refractivity (Wildman–Crippen MR) is 83.2 cm³/mol. The van der Waals surface area contributed by atoms with Gasteiger partial charge in [0.1, 0.15) is 0 Å². The molecule has 0 aromatic carbocycles. The average molecular weight is 285 g/mol. The molecule has 20 heavy (non-hydrogen) atoms. The number of nitrogens with one attached hydrogen (secondary N) is 2. The predicted octanol–water partition coefficient (Wildman–Crippen LogP) is 1.78. The quantitative estimate of drug-likeness (QED) is 0.405. The Bertz CT molecular complexity index is 303. The van der Waals surface area contributed by atoms with Gasteiger partial charge in [-0.25, -0.2) is 0 Å². The van der Waals surface area contributed by atoms with Gasteiger partial charge in [-0.15, -0.1) is 0 Å². The van der Waals surface area contributed by atoms with Crippen LogP contribution >= 0.6 is 0 Å². The summed E-state index contributed by atoms with van der Waals surface area (Å²) in [5.74, 6) is 0.855. The van der Waals surface area contributed by atoms with Crippen LogP contribution < -0.4 is 10.6 Å². The highest BCUT2D eigenvalue weighted by atomic mass is 16.5. The molecule has 118 valence electrons. The zero-order valence-electron chi connectivity index (χ0n) is 13.7. The van der Waals surface area contributed by atoms with E-state index in [0.29, 0.717) is 18.8 Å². The van der Waals surface area contributed by atoms with Gasteiger partial charge in [0, 0.05) is 38.8 Å². The molecule has 1 saturated carbocycles. The highest BCUT2D eigenvalue weighted by Crippen LogP contribution is 2.48. The highest BCUT2D eigenvalue weighted by Gasteiger charge is 2.53. The Kier molecular flexibility index (Phi) is 7.30. The molecule has 1 rings (SSSR count). The van der Waals surface area contributed by atoms with E-state index in [1.165, 1.54) is 0 Å². The largest absolute Gasteiger partial charge is 0.383 e. The lowest BCUT2D eigenvalue weighted by atomic mass is 9.58. The van der Waals surface area contributed by atoms with Crippen molar-refractivity contribution in [2.24, 2.45) is 10.4 Å². The first-order valence-electron chi connectivity index (χ1n) is 7.76. The van der Waals surface area contributed by atoms with Gasteiger partial charge in [0.15, 0.2) is 5.96 Å². The minimum Gasteiger partial charge on any atom is -0.383 e. The maximum Gasteiger partial charge on any atom is 0.191 e. The van der Waals surface area contributed by atoms with E-state index in [-0.39, 0.29) is 5.41 Å². The van der Waals surface area contributed by atoms with Crippen LogP contribution in [0.3, 0.4) is 0 Å². The number of hydrogen-bond donors (Lipinski definition) is 2. The zero-order valence-corrected chi connectivity index (χ0v) is 13.7. The van der Waals surface area contributed by atoms with Gasteiger partial charge in [-0.3, -0.25) is 4.99 Å². The standard InChI is InChI=1S/C15H31N3O2/c1-6-15(7-2)12(11-13(15)20-8-3)18-14(16-4)17-9-10-19-5/h12-13H,6-11H2,1-5H3,(H2,16,17,18). The molecule has 0 amide bonds. The third-order valence-corrected chi connectivity index (χ3v) is 4.60. The maximum absolute atomic E-state index is 5.90. The summed E-state index contributed by atoms with van der Waals surface area (Å²) in [7, 11) is 3.51. The van der Waals surface area contributed by atoms with Crippen LogP contribution in [0.1, 0.15) is 40.0 Å². The summed E-state index contributed by atoms with van der Waals surface area (Å²) in [5, 5.41) is 6.82. The van der Waals surface area contributed by atoms with E-state index in [4.69, 9.17) is 9.47 Å². The van der Waals surface area contributed by atoms with Gasteiger partial charge < -0.3 is 20.1 Å². The summed E-state index contributed by atoms with van der Waals surface area (Å²) in [5.41, 5.74) is 0.231. The lowest BCUT2D eigenvalue weighted by Gasteiger charge is -2.55. The van der Waals surface area contributed by atoms with Crippen LogP contribution in [0.25, 0.3) is 0 Å². The van der Waals surface area contributed by atoms with Crippen LogP contribution in [0.2, 0.25) is 0 Å². The maximum atomic E-state index is 5.90. The molecule has 0 aliphatic heterocycles. The molecule has 0 aromatic rings. The average Bonchev–Trinajstić information content (AvgIpc) is 2.46. The van der Waals surface area contributed by atoms with E-state index in [1.54, 1.807) is 14.2 Å². The number of methoxy groups -OCH3 is 1. The Labute approximate surface area is 123 Å². The second-order valence-corrected chi connectivity index (χ2v) is 5.31. The van der Waals surface area contributed by atoms with Gasteiger partial charge in [0.25, 0.3) is 0 Å². The highest BCUT2D eigenvalue weighted by molar-refractivity contribution is 5.80. The summed E-state index contributed by atoms with van der Waals surface area (Å²) >= 11 is 0. The first kappa shape index (κ1) is 17.2. The van der Waals surface area contributed by atoms with Gasteiger partial charge in [-0.2, -0.15) is 0 Å². The minimum absolute atomic E-state index is 0.231. The van der Waals surface area contributed by atoms with Crippen LogP contribution in [-0.4, -0.2) is 52.0 Å². The van der Waals surface area contributed by atoms with Crippen LogP contribution in [0.15, 0.2) is 4.99 Å². The van der Waals surface area contributed by atoms with E-state index >= 15 is 0 Å². The van der Waals surface area contributed by atoms with Crippen molar-refractivity contribution in [3.8, 4) is 0 Å². The van der Waals surface area contributed by atoms with Crippen LogP contribution in [0.4, 0.5) is 0 Å². The van der Waals surface area contributed by atoms with E-state index in [2.05, 4.69) is 36.4 Å². The molecule has 1 fully saturated rings. The van der Waals surface area contributed by atoms with E-state index in [1.807, 2.05) is 0 Å². The molecule has 1 aliphatic carbocycles. The van der Waals surface area contributed by atoms with Gasteiger partial charge in [0.05, 0.1) is 12.7 Å². The van der Waals surface area contributed by atoms with Crippen molar-refractivity contribution in [2.45, 2.75) is 52.2 Å². The smallest absolute Gasteiger partial charge is 0.191 e. The molecule has 0 aromatic heterocycles. The molecule has 0 saturated heterocycles. The Balaban J connectivity index is 2.58. The molecular formula is C15H31N3O2. The van der Waals surface area contributed by atoms with Crippen molar-refractivity contribution in [1.82, 2.24) is 10.6 Å². The first-order chi connectivity index (χ1) is 9.68. The van der Waals surface area contributed by atoms with Crippen molar-refractivity contribution in [2.75, 3.05) is 33.9 Å². The molecule has 0 heterocycles. The second kappa shape index (κ2) is 8.47. The SMILES string of the molecule is CCOC1CC(NC(=NC)NCCOC)C1(CC)CC. The molecule has 5 heteroatoms. The first-order valence-corrected chi connectivity index (χ1v) is 7.76. The minimum atomic E-state index is 0.231. The van der Waals surface area contributed by atoms with E-state index in [0.717, 1.165) is 38.4 Å². The van der Waals surface area contributed by atoms with Gasteiger partial charge in [0.2, 0.25) is 0 Å². The topological polar surface area (TPSA) is 54.9 Å². The third kappa shape index (κ3) is 3.64. The van der Waals surface area contributed by atoms with E-state index < -0.39 is 0 Å². The molecule has 5 nitrogen and oxygen atoms in total. The summed E-state index contributed by atoms with van der Waals surface area (Å²) in [4.78, 5) is 4.28. The number of nitrogens with zero attached hydrogens (tertiary/aromatic N) is 1. The van der Waals surface area contributed by atoms with Crippen molar-refractivity contribution < 1.29 is 9.47 Å². The Morgan fingerprint density at radius 1 is 1.30 bits per heavy atom. The summed E-state index contributed by atoms with van der Waals surface area (Å²) < 4.78 is 10.9. The molecule has 2 atom stereocenters. The van der Waals surface area contributed by atoms with Gasteiger partial charge in [-0.05, 0) is 26.2 Å². The van der Waals surface area contributed by atoms with Gasteiger partial charge >= 0.3 is 0 Å². The number of rotatable bonds is 8. The van der Waals surface area contributed by atoms with Crippen molar-refractivity contribution in [1.29, 1.82) is 0 Å². The molecule has 0 spiro atoms. The number of guanidine groups is 1.